The van der Waals surface area contributed by atoms with Crippen molar-refractivity contribution in [3.05, 3.63) is 77.6 Å². The van der Waals surface area contributed by atoms with Crippen molar-refractivity contribution in [2.75, 3.05) is 13.1 Å². The number of benzene rings is 2. The van der Waals surface area contributed by atoms with E-state index < -0.39 is 23.8 Å². The molecule has 2 atom stereocenters. The van der Waals surface area contributed by atoms with Gasteiger partial charge in [0.25, 0.3) is 0 Å². The number of primary amides is 1. The van der Waals surface area contributed by atoms with Crippen LogP contribution >= 0.6 is 0 Å². The van der Waals surface area contributed by atoms with E-state index in [0.717, 1.165) is 0 Å². The van der Waals surface area contributed by atoms with Crippen molar-refractivity contribution < 1.29 is 23.5 Å². The molecule has 0 aromatic heterocycles. The Balaban J connectivity index is 1.68. The lowest BCUT2D eigenvalue weighted by molar-refractivity contribution is -0.125. The van der Waals surface area contributed by atoms with Gasteiger partial charge in [-0.1, -0.05) is 30.3 Å². The predicted molar refractivity (Wildman–Crippen MR) is 105 cm³/mol. The normalized spacial score (nSPS) is 18.7. The van der Waals surface area contributed by atoms with Crippen molar-refractivity contribution in [3.8, 4) is 0 Å². The summed E-state index contributed by atoms with van der Waals surface area (Å²) >= 11 is 0. The summed E-state index contributed by atoms with van der Waals surface area (Å²) < 4.78 is 18.8. The van der Waals surface area contributed by atoms with Gasteiger partial charge in [-0.15, -0.1) is 0 Å². The molecular formula is C22H21FN2O4. The zero-order valence-electron chi connectivity index (χ0n) is 15.7. The summed E-state index contributed by atoms with van der Waals surface area (Å²) in [4.78, 5) is 37.8. The first kappa shape index (κ1) is 20.3. The highest BCUT2D eigenvalue weighted by molar-refractivity contribution is 5.92. The van der Waals surface area contributed by atoms with Gasteiger partial charge in [0, 0.05) is 25.0 Å². The van der Waals surface area contributed by atoms with Crippen molar-refractivity contribution in [1.29, 1.82) is 0 Å². The van der Waals surface area contributed by atoms with Gasteiger partial charge in [0.15, 0.2) is 0 Å². The fraction of sp³-hybridized carbons (Fsp3) is 0.227. The van der Waals surface area contributed by atoms with Gasteiger partial charge in [0.1, 0.15) is 11.9 Å². The monoisotopic (exact) mass is 396 g/mol. The van der Waals surface area contributed by atoms with Crippen LogP contribution in [0.3, 0.4) is 0 Å². The number of hydrogen-bond acceptors (Lipinski definition) is 4. The Morgan fingerprint density at radius 3 is 2.55 bits per heavy atom. The predicted octanol–water partition coefficient (Wildman–Crippen LogP) is 2.40. The standard InChI is InChI=1S/C22H21FN2O4/c23-18-8-4-5-15(11-18)9-10-21(27)25-13-17(12-20(24)26)19(14-25)29-22(28)16-6-2-1-3-7-16/h1-11,17,19H,12-14H2,(H2,24,26)/b10-9+/t17-,19+/m0/s1. The average Bonchev–Trinajstić information content (AvgIpc) is 3.08. The van der Waals surface area contributed by atoms with Crippen LogP contribution in [0.2, 0.25) is 0 Å². The Kier molecular flexibility index (Phi) is 6.39. The van der Waals surface area contributed by atoms with Crippen LogP contribution in [0.15, 0.2) is 60.7 Å². The van der Waals surface area contributed by atoms with Crippen molar-refractivity contribution in [1.82, 2.24) is 4.90 Å². The van der Waals surface area contributed by atoms with Crippen LogP contribution in [0.25, 0.3) is 6.08 Å². The number of halogens is 1. The average molecular weight is 396 g/mol. The molecule has 3 rings (SSSR count). The van der Waals surface area contributed by atoms with E-state index in [1.807, 2.05) is 0 Å². The minimum Gasteiger partial charge on any atom is -0.457 e. The first-order valence-corrected chi connectivity index (χ1v) is 9.19. The minimum absolute atomic E-state index is 0.00409. The van der Waals surface area contributed by atoms with Crippen molar-refractivity contribution >= 4 is 23.9 Å². The Hall–Kier alpha value is -3.48. The molecule has 2 aromatic rings. The number of carbonyl (C=O) groups excluding carboxylic acids is 3. The summed E-state index contributed by atoms with van der Waals surface area (Å²) in [5.74, 6) is -2.14. The van der Waals surface area contributed by atoms with E-state index in [-0.39, 0.29) is 31.3 Å². The molecule has 0 spiro atoms. The molecule has 1 fully saturated rings. The van der Waals surface area contributed by atoms with Crippen LogP contribution in [0, 0.1) is 11.7 Å². The number of esters is 1. The SMILES string of the molecule is NC(=O)C[C@H]1CN(C(=O)/C=C/c2cccc(F)c2)C[C@H]1OC(=O)c1ccccc1. The number of nitrogens with zero attached hydrogens (tertiary/aromatic N) is 1. The summed E-state index contributed by atoms with van der Waals surface area (Å²) in [6, 6.07) is 14.4. The molecule has 0 unspecified atom stereocenters. The van der Waals surface area contributed by atoms with Gasteiger partial charge < -0.3 is 15.4 Å². The van der Waals surface area contributed by atoms with Gasteiger partial charge in [-0.2, -0.15) is 0 Å². The zero-order valence-corrected chi connectivity index (χ0v) is 15.7. The van der Waals surface area contributed by atoms with Crippen LogP contribution < -0.4 is 5.73 Å². The molecule has 2 aromatic carbocycles. The van der Waals surface area contributed by atoms with Crippen molar-refractivity contribution in [2.45, 2.75) is 12.5 Å². The maximum absolute atomic E-state index is 13.3. The van der Waals surface area contributed by atoms with Crippen molar-refractivity contribution in [3.63, 3.8) is 0 Å². The lowest BCUT2D eigenvalue weighted by Crippen LogP contribution is -2.30. The first-order chi connectivity index (χ1) is 13.9. The van der Waals surface area contributed by atoms with Crippen LogP contribution in [-0.2, 0) is 14.3 Å². The number of ether oxygens (including phenoxy) is 1. The first-order valence-electron chi connectivity index (χ1n) is 9.19. The van der Waals surface area contributed by atoms with Crippen molar-refractivity contribution in [2.24, 2.45) is 11.7 Å². The molecule has 1 saturated heterocycles. The quantitative estimate of drug-likeness (QED) is 0.600. The van der Waals surface area contributed by atoms with E-state index in [1.54, 1.807) is 42.5 Å². The molecular weight excluding hydrogens is 375 g/mol. The van der Waals surface area contributed by atoms with Crippen LogP contribution in [-0.4, -0.2) is 41.9 Å². The van der Waals surface area contributed by atoms with E-state index in [4.69, 9.17) is 10.5 Å². The fourth-order valence-electron chi connectivity index (χ4n) is 3.27. The van der Waals surface area contributed by atoms with E-state index in [2.05, 4.69) is 0 Å². The van der Waals surface area contributed by atoms with Crippen LogP contribution in [0.1, 0.15) is 22.3 Å². The topological polar surface area (TPSA) is 89.7 Å². The third-order valence-electron chi connectivity index (χ3n) is 4.69. The Morgan fingerprint density at radius 1 is 1.10 bits per heavy atom. The molecule has 0 aliphatic carbocycles. The summed E-state index contributed by atoms with van der Waals surface area (Å²) in [5, 5.41) is 0. The summed E-state index contributed by atoms with van der Waals surface area (Å²) in [7, 11) is 0. The molecule has 0 bridgehead atoms. The Morgan fingerprint density at radius 2 is 1.86 bits per heavy atom. The number of carbonyl (C=O) groups is 3. The second-order valence-electron chi connectivity index (χ2n) is 6.87. The van der Waals surface area contributed by atoms with Gasteiger partial charge in [-0.3, -0.25) is 9.59 Å². The molecule has 7 heteroatoms. The number of likely N-dealkylation sites (tertiary alicyclic amines) is 1. The summed E-state index contributed by atoms with van der Waals surface area (Å²) in [6.45, 7) is 0.394. The minimum atomic E-state index is -0.637. The Bertz CT molecular complexity index is 929. The van der Waals surface area contributed by atoms with Gasteiger partial charge in [-0.05, 0) is 35.9 Å². The maximum atomic E-state index is 13.3. The largest absolute Gasteiger partial charge is 0.457 e. The lowest BCUT2D eigenvalue weighted by atomic mass is 10.0. The highest BCUT2D eigenvalue weighted by Crippen LogP contribution is 2.24. The van der Waals surface area contributed by atoms with Crippen LogP contribution in [0.4, 0.5) is 4.39 Å². The molecule has 6 nitrogen and oxygen atoms in total. The second kappa shape index (κ2) is 9.14. The molecule has 1 aliphatic heterocycles. The maximum Gasteiger partial charge on any atom is 0.338 e. The third kappa shape index (κ3) is 5.51. The summed E-state index contributed by atoms with van der Waals surface area (Å²) in [5.41, 5.74) is 6.26. The Labute approximate surface area is 167 Å². The van der Waals surface area contributed by atoms with Gasteiger partial charge in [-0.25, -0.2) is 9.18 Å². The molecule has 2 N–H and O–H groups in total. The number of hydrogen-bond donors (Lipinski definition) is 1. The zero-order chi connectivity index (χ0) is 20.8. The molecule has 150 valence electrons. The highest BCUT2D eigenvalue weighted by atomic mass is 19.1. The van der Waals surface area contributed by atoms with Gasteiger partial charge in [0.2, 0.25) is 11.8 Å². The number of nitrogens with two attached hydrogens (primary N) is 1. The molecule has 0 radical (unpaired) electrons. The van der Waals surface area contributed by atoms with Gasteiger partial charge in [0.05, 0.1) is 12.1 Å². The van der Waals surface area contributed by atoms with E-state index in [9.17, 15) is 18.8 Å². The third-order valence-corrected chi connectivity index (χ3v) is 4.69. The molecule has 29 heavy (non-hydrogen) atoms. The smallest absolute Gasteiger partial charge is 0.338 e. The molecule has 0 saturated carbocycles. The van der Waals surface area contributed by atoms with E-state index in [0.29, 0.717) is 11.1 Å². The van der Waals surface area contributed by atoms with Crippen LogP contribution in [0.5, 0.6) is 0 Å². The van der Waals surface area contributed by atoms with Gasteiger partial charge >= 0.3 is 5.97 Å². The summed E-state index contributed by atoms with van der Waals surface area (Å²) in [6.07, 6.45) is 2.21. The van der Waals surface area contributed by atoms with E-state index in [1.165, 1.54) is 29.2 Å². The van der Waals surface area contributed by atoms with E-state index >= 15 is 0 Å². The fourth-order valence-corrected chi connectivity index (χ4v) is 3.27. The highest BCUT2D eigenvalue weighted by Gasteiger charge is 2.38. The molecule has 2 amide bonds. The lowest BCUT2D eigenvalue weighted by Gasteiger charge is -2.17. The second-order valence-corrected chi connectivity index (χ2v) is 6.87. The number of rotatable bonds is 6. The molecule has 1 heterocycles. The number of amides is 2. The molecule has 1 aliphatic rings.